The molecule has 3 amide bonds. The SMILES string of the molecule is CCN(CC)CCCC(C)NC(=O)CN1CCN(c2ccccc2)C1=O. The van der Waals surface area contributed by atoms with E-state index in [0.29, 0.717) is 13.1 Å². The molecule has 2 rings (SSSR count). The van der Waals surface area contributed by atoms with Crippen LogP contribution in [-0.2, 0) is 4.79 Å². The lowest BCUT2D eigenvalue weighted by molar-refractivity contribution is -0.122. The van der Waals surface area contributed by atoms with Crippen molar-refractivity contribution < 1.29 is 9.59 Å². The molecule has 1 aromatic carbocycles. The number of hydrogen-bond acceptors (Lipinski definition) is 3. The third kappa shape index (κ3) is 5.73. The number of nitrogens with one attached hydrogen (secondary N) is 1. The molecule has 0 aromatic heterocycles. The predicted molar refractivity (Wildman–Crippen MR) is 105 cm³/mol. The molecule has 26 heavy (non-hydrogen) atoms. The fourth-order valence-electron chi connectivity index (χ4n) is 3.30. The highest BCUT2D eigenvalue weighted by molar-refractivity contribution is 5.96. The molecule has 1 unspecified atom stereocenters. The second-order valence-corrected chi connectivity index (χ2v) is 6.83. The van der Waals surface area contributed by atoms with Crippen molar-refractivity contribution in [3.05, 3.63) is 30.3 Å². The summed E-state index contributed by atoms with van der Waals surface area (Å²) in [6.45, 7) is 10.9. The van der Waals surface area contributed by atoms with Crippen LogP contribution in [0.4, 0.5) is 10.5 Å². The normalized spacial score (nSPS) is 15.6. The van der Waals surface area contributed by atoms with Crippen molar-refractivity contribution in [1.82, 2.24) is 15.1 Å². The number of para-hydroxylation sites is 1. The van der Waals surface area contributed by atoms with Crippen LogP contribution in [0.1, 0.15) is 33.6 Å². The van der Waals surface area contributed by atoms with E-state index in [1.54, 1.807) is 9.80 Å². The summed E-state index contributed by atoms with van der Waals surface area (Å²) in [7, 11) is 0. The molecule has 0 radical (unpaired) electrons. The second kappa shape index (κ2) is 10.2. The predicted octanol–water partition coefficient (Wildman–Crippen LogP) is 2.56. The van der Waals surface area contributed by atoms with E-state index >= 15 is 0 Å². The van der Waals surface area contributed by atoms with Crippen LogP contribution in [0, 0.1) is 0 Å². The van der Waals surface area contributed by atoms with Crippen LogP contribution in [0.5, 0.6) is 0 Å². The Kier molecular flexibility index (Phi) is 7.91. The van der Waals surface area contributed by atoms with Crippen LogP contribution in [0.25, 0.3) is 0 Å². The van der Waals surface area contributed by atoms with Crippen LogP contribution in [0.15, 0.2) is 30.3 Å². The van der Waals surface area contributed by atoms with Gasteiger partial charge in [-0.2, -0.15) is 0 Å². The molecule has 0 spiro atoms. The molecule has 1 saturated heterocycles. The lowest BCUT2D eigenvalue weighted by Gasteiger charge is -2.21. The lowest BCUT2D eigenvalue weighted by atomic mass is 10.1. The zero-order chi connectivity index (χ0) is 18.9. The fraction of sp³-hybridized carbons (Fsp3) is 0.600. The maximum atomic E-state index is 12.5. The molecule has 1 atom stereocenters. The Morgan fingerprint density at radius 1 is 1.19 bits per heavy atom. The standard InChI is InChI=1S/C20H32N4O2/c1-4-22(5-2)13-9-10-17(3)21-19(25)16-23-14-15-24(20(23)26)18-11-7-6-8-12-18/h6-8,11-12,17H,4-5,9-10,13-16H2,1-3H3,(H,21,25). The van der Waals surface area contributed by atoms with Gasteiger partial charge in [-0.15, -0.1) is 0 Å². The number of amides is 3. The van der Waals surface area contributed by atoms with Gasteiger partial charge in [-0.25, -0.2) is 4.79 Å². The molecule has 0 aliphatic carbocycles. The van der Waals surface area contributed by atoms with Crippen LogP contribution in [0.2, 0.25) is 0 Å². The summed E-state index contributed by atoms with van der Waals surface area (Å²) in [6, 6.07) is 9.62. The summed E-state index contributed by atoms with van der Waals surface area (Å²) in [5.41, 5.74) is 0.880. The monoisotopic (exact) mass is 360 g/mol. The minimum Gasteiger partial charge on any atom is -0.352 e. The molecule has 6 nitrogen and oxygen atoms in total. The Bertz CT molecular complexity index is 574. The molecule has 1 aliphatic heterocycles. The topological polar surface area (TPSA) is 55.9 Å². The van der Waals surface area contributed by atoms with Crippen molar-refractivity contribution in [2.75, 3.05) is 44.2 Å². The van der Waals surface area contributed by atoms with Crippen LogP contribution >= 0.6 is 0 Å². The molecule has 1 N–H and O–H groups in total. The quantitative estimate of drug-likeness (QED) is 0.698. The van der Waals surface area contributed by atoms with Crippen molar-refractivity contribution in [3.8, 4) is 0 Å². The Labute approximate surface area is 157 Å². The smallest absolute Gasteiger partial charge is 0.325 e. The van der Waals surface area contributed by atoms with E-state index in [4.69, 9.17) is 0 Å². The van der Waals surface area contributed by atoms with Crippen LogP contribution < -0.4 is 10.2 Å². The van der Waals surface area contributed by atoms with Crippen LogP contribution in [-0.4, -0.2) is 67.0 Å². The summed E-state index contributed by atoms with van der Waals surface area (Å²) >= 11 is 0. The van der Waals surface area contributed by atoms with E-state index in [-0.39, 0.29) is 24.5 Å². The summed E-state index contributed by atoms with van der Waals surface area (Å²) in [6.07, 6.45) is 2.01. The molecule has 0 saturated carbocycles. The van der Waals surface area contributed by atoms with Gasteiger partial charge in [-0.3, -0.25) is 9.69 Å². The minimum absolute atomic E-state index is 0.0800. The third-order valence-electron chi connectivity index (χ3n) is 4.91. The minimum atomic E-state index is -0.0967. The maximum absolute atomic E-state index is 12.5. The molecule has 6 heteroatoms. The summed E-state index contributed by atoms with van der Waals surface area (Å²) in [4.78, 5) is 30.5. The number of carbonyl (C=O) groups is 2. The molecule has 1 aromatic rings. The number of carbonyl (C=O) groups excluding carboxylic acids is 2. The molecule has 144 valence electrons. The van der Waals surface area contributed by atoms with E-state index < -0.39 is 0 Å². The molecular formula is C20H32N4O2. The van der Waals surface area contributed by atoms with Gasteiger partial charge >= 0.3 is 6.03 Å². The second-order valence-electron chi connectivity index (χ2n) is 6.83. The third-order valence-corrected chi connectivity index (χ3v) is 4.91. The Morgan fingerprint density at radius 2 is 1.88 bits per heavy atom. The molecule has 1 heterocycles. The summed E-state index contributed by atoms with van der Waals surface area (Å²) < 4.78 is 0. The van der Waals surface area contributed by atoms with E-state index in [1.807, 2.05) is 37.3 Å². The van der Waals surface area contributed by atoms with E-state index in [2.05, 4.69) is 24.1 Å². The molecule has 1 aliphatic rings. The van der Waals surface area contributed by atoms with E-state index in [1.165, 1.54) is 0 Å². The maximum Gasteiger partial charge on any atom is 0.325 e. The van der Waals surface area contributed by atoms with E-state index in [0.717, 1.165) is 38.2 Å². The van der Waals surface area contributed by atoms with Crippen molar-refractivity contribution in [1.29, 1.82) is 0 Å². The number of anilines is 1. The van der Waals surface area contributed by atoms with Gasteiger partial charge in [0.1, 0.15) is 6.54 Å². The van der Waals surface area contributed by atoms with Gasteiger partial charge in [0.15, 0.2) is 0 Å². The Morgan fingerprint density at radius 3 is 2.54 bits per heavy atom. The van der Waals surface area contributed by atoms with Crippen molar-refractivity contribution in [2.24, 2.45) is 0 Å². The first-order chi connectivity index (χ1) is 12.5. The van der Waals surface area contributed by atoms with Crippen LogP contribution in [0.3, 0.4) is 0 Å². The van der Waals surface area contributed by atoms with Gasteiger partial charge in [0.05, 0.1) is 0 Å². The molecular weight excluding hydrogens is 328 g/mol. The highest BCUT2D eigenvalue weighted by atomic mass is 16.2. The summed E-state index contributed by atoms with van der Waals surface area (Å²) in [5, 5.41) is 3.02. The number of urea groups is 1. The number of hydrogen-bond donors (Lipinski definition) is 1. The first-order valence-electron chi connectivity index (χ1n) is 9.68. The average molecular weight is 361 g/mol. The Hall–Kier alpha value is -2.08. The van der Waals surface area contributed by atoms with Gasteiger partial charge in [0, 0.05) is 24.8 Å². The fourth-order valence-corrected chi connectivity index (χ4v) is 3.30. The Balaban J connectivity index is 1.73. The summed E-state index contributed by atoms with van der Waals surface area (Å²) in [5.74, 6) is -0.0800. The van der Waals surface area contributed by atoms with Gasteiger partial charge in [0.2, 0.25) is 5.91 Å². The molecule has 1 fully saturated rings. The first kappa shape index (κ1) is 20.2. The zero-order valence-electron chi connectivity index (χ0n) is 16.3. The largest absolute Gasteiger partial charge is 0.352 e. The zero-order valence-corrected chi connectivity index (χ0v) is 16.3. The number of nitrogens with zero attached hydrogens (tertiary/aromatic N) is 3. The highest BCUT2D eigenvalue weighted by Crippen LogP contribution is 2.19. The van der Waals surface area contributed by atoms with Crippen molar-refractivity contribution in [2.45, 2.75) is 39.7 Å². The van der Waals surface area contributed by atoms with Gasteiger partial charge in [-0.1, -0.05) is 32.0 Å². The average Bonchev–Trinajstić information content (AvgIpc) is 3.00. The van der Waals surface area contributed by atoms with E-state index in [9.17, 15) is 9.59 Å². The van der Waals surface area contributed by atoms with Gasteiger partial charge < -0.3 is 15.1 Å². The van der Waals surface area contributed by atoms with Gasteiger partial charge in [-0.05, 0) is 51.5 Å². The molecule has 0 bridgehead atoms. The lowest BCUT2D eigenvalue weighted by Crippen LogP contribution is -2.43. The van der Waals surface area contributed by atoms with Crippen molar-refractivity contribution in [3.63, 3.8) is 0 Å². The van der Waals surface area contributed by atoms with Crippen molar-refractivity contribution >= 4 is 17.6 Å². The first-order valence-corrected chi connectivity index (χ1v) is 9.68. The van der Waals surface area contributed by atoms with Gasteiger partial charge in [0.25, 0.3) is 0 Å². The highest BCUT2D eigenvalue weighted by Gasteiger charge is 2.30. The number of rotatable bonds is 10. The number of benzene rings is 1.